The van der Waals surface area contributed by atoms with Gasteiger partial charge in [0, 0.05) is 11.3 Å². The number of fused-ring (bicyclic) bond motifs is 2. The first-order valence-electron chi connectivity index (χ1n) is 6.76. The minimum absolute atomic E-state index is 0.141. The molecule has 2 N–H and O–H groups in total. The second-order valence-electron chi connectivity index (χ2n) is 5.17. The lowest BCUT2D eigenvalue weighted by molar-refractivity contribution is 0.850. The summed E-state index contributed by atoms with van der Waals surface area (Å²) >= 11 is 1.40. The Balaban J connectivity index is 2.07. The zero-order valence-corrected chi connectivity index (χ0v) is 12.7. The summed E-state index contributed by atoms with van der Waals surface area (Å²) in [7, 11) is 0. The monoisotopic (exact) mass is 312 g/mol. The predicted octanol–water partition coefficient (Wildman–Crippen LogP) is 2.23. The minimum Gasteiger partial charge on any atom is -0.343 e. The largest absolute Gasteiger partial charge is 0.343 e. The van der Waals surface area contributed by atoms with Gasteiger partial charge in [-0.1, -0.05) is 23.5 Å². The van der Waals surface area contributed by atoms with E-state index >= 15 is 0 Å². The molecule has 0 spiro atoms. The zero-order chi connectivity index (χ0) is 15.4. The van der Waals surface area contributed by atoms with Gasteiger partial charge in [-0.25, -0.2) is 4.98 Å². The summed E-state index contributed by atoms with van der Waals surface area (Å²) in [5.41, 5.74) is 1.94. The van der Waals surface area contributed by atoms with Crippen LogP contribution >= 0.6 is 11.3 Å². The number of hydrogen-bond acceptors (Lipinski definition) is 4. The van der Waals surface area contributed by atoms with Gasteiger partial charge in [-0.2, -0.15) is 4.68 Å². The molecular weight excluding hydrogens is 300 g/mol. The van der Waals surface area contributed by atoms with E-state index in [2.05, 4.69) is 15.1 Å². The maximum absolute atomic E-state index is 12.6. The SMILES string of the molecule is Cc1[nH]c2[nH]n(-c3nc4ccccc4s3)c(=O)c2c(=O)c1C. The highest BCUT2D eigenvalue weighted by molar-refractivity contribution is 7.20. The van der Waals surface area contributed by atoms with E-state index in [1.54, 1.807) is 6.92 Å². The molecule has 3 heterocycles. The first kappa shape index (κ1) is 13.0. The summed E-state index contributed by atoms with van der Waals surface area (Å²) in [4.78, 5) is 32.4. The Kier molecular flexibility index (Phi) is 2.61. The van der Waals surface area contributed by atoms with Crippen molar-refractivity contribution in [2.45, 2.75) is 13.8 Å². The van der Waals surface area contributed by atoms with Crippen molar-refractivity contribution in [1.82, 2.24) is 19.7 Å². The molecule has 7 heteroatoms. The van der Waals surface area contributed by atoms with E-state index in [-0.39, 0.29) is 16.4 Å². The van der Waals surface area contributed by atoms with E-state index in [0.29, 0.717) is 16.3 Å². The fourth-order valence-electron chi connectivity index (χ4n) is 2.47. The molecule has 0 bridgehead atoms. The Bertz CT molecular complexity index is 1110. The highest BCUT2D eigenvalue weighted by Crippen LogP contribution is 2.23. The van der Waals surface area contributed by atoms with Crippen LogP contribution in [0.4, 0.5) is 0 Å². The molecule has 0 amide bonds. The summed E-state index contributed by atoms with van der Waals surface area (Å²) in [6.45, 7) is 3.52. The lowest BCUT2D eigenvalue weighted by atomic mass is 10.2. The third-order valence-corrected chi connectivity index (χ3v) is 4.83. The van der Waals surface area contributed by atoms with Gasteiger partial charge >= 0.3 is 0 Å². The summed E-state index contributed by atoms with van der Waals surface area (Å²) in [5, 5.41) is 3.61. The molecule has 4 rings (SSSR count). The van der Waals surface area contributed by atoms with E-state index in [1.807, 2.05) is 31.2 Å². The van der Waals surface area contributed by atoms with Gasteiger partial charge in [-0.3, -0.25) is 14.7 Å². The number of rotatable bonds is 1. The number of nitrogens with zero attached hydrogens (tertiary/aromatic N) is 2. The van der Waals surface area contributed by atoms with Crippen molar-refractivity contribution in [3.63, 3.8) is 0 Å². The number of benzene rings is 1. The van der Waals surface area contributed by atoms with Crippen LogP contribution in [0.25, 0.3) is 26.4 Å². The minimum atomic E-state index is -0.376. The number of para-hydroxylation sites is 1. The molecule has 110 valence electrons. The average molecular weight is 312 g/mol. The molecule has 0 aliphatic heterocycles. The van der Waals surface area contributed by atoms with Crippen molar-refractivity contribution in [3.8, 4) is 5.13 Å². The van der Waals surface area contributed by atoms with Crippen LogP contribution in [-0.4, -0.2) is 19.7 Å². The molecule has 3 aromatic heterocycles. The fourth-order valence-corrected chi connectivity index (χ4v) is 3.39. The number of H-pyrrole nitrogens is 2. The number of aromatic amines is 2. The lowest BCUT2D eigenvalue weighted by Crippen LogP contribution is -2.19. The van der Waals surface area contributed by atoms with Crippen LogP contribution in [0.1, 0.15) is 11.3 Å². The molecule has 4 aromatic rings. The number of nitrogens with one attached hydrogen (secondary N) is 2. The Labute approximate surface area is 128 Å². The van der Waals surface area contributed by atoms with Crippen LogP contribution in [0.3, 0.4) is 0 Å². The van der Waals surface area contributed by atoms with Gasteiger partial charge in [0.15, 0.2) is 5.43 Å². The molecule has 0 aliphatic rings. The third kappa shape index (κ3) is 1.69. The molecule has 0 aliphatic carbocycles. The topological polar surface area (TPSA) is 83.5 Å². The van der Waals surface area contributed by atoms with Crippen LogP contribution in [0.15, 0.2) is 33.9 Å². The summed E-state index contributed by atoms with van der Waals surface area (Å²) in [6, 6.07) is 7.66. The molecule has 0 radical (unpaired) electrons. The van der Waals surface area contributed by atoms with Crippen molar-refractivity contribution in [2.24, 2.45) is 0 Å². The highest BCUT2D eigenvalue weighted by atomic mass is 32.1. The van der Waals surface area contributed by atoms with Gasteiger partial charge in [0.2, 0.25) is 5.13 Å². The fraction of sp³-hybridized carbons (Fsp3) is 0.133. The van der Waals surface area contributed by atoms with Crippen molar-refractivity contribution in [3.05, 3.63) is 56.1 Å². The zero-order valence-electron chi connectivity index (χ0n) is 11.9. The quantitative estimate of drug-likeness (QED) is 0.565. The maximum atomic E-state index is 12.6. The van der Waals surface area contributed by atoms with Gasteiger partial charge in [0.25, 0.3) is 5.56 Å². The van der Waals surface area contributed by atoms with Crippen LogP contribution in [0.5, 0.6) is 0 Å². The van der Waals surface area contributed by atoms with Gasteiger partial charge in [0.05, 0.1) is 10.2 Å². The first-order valence-corrected chi connectivity index (χ1v) is 7.58. The van der Waals surface area contributed by atoms with E-state index in [9.17, 15) is 9.59 Å². The van der Waals surface area contributed by atoms with Crippen molar-refractivity contribution in [1.29, 1.82) is 0 Å². The van der Waals surface area contributed by atoms with E-state index < -0.39 is 0 Å². The number of pyridine rings is 1. The van der Waals surface area contributed by atoms with Crippen LogP contribution < -0.4 is 11.0 Å². The molecule has 22 heavy (non-hydrogen) atoms. The predicted molar refractivity (Wildman–Crippen MR) is 87.2 cm³/mol. The summed E-state index contributed by atoms with van der Waals surface area (Å²) < 4.78 is 2.31. The molecule has 0 saturated heterocycles. The van der Waals surface area contributed by atoms with Gasteiger partial charge < -0.3 is 4.98 Å². The van der Waals surface area contributed by atoms with Crippen LogP contribution in [0.2, 0.25) is 0 Å². The first-order chi connectivity index (χ1) is 10.6. The molecule has 6 nitrogen and oxygen atoms in total. The number of hydrogen-bond donors (Lipinski definition) is 2. The van der Waals surface area contributed by atoms with E-state index in [4.69, 9.17) is 0 Å². The molecule has 0 unspecified atom stereocenters. The number of aryl methyl sites for hydroxylation is 1. The molecule has 0 atom stereocenters. The third-order valence-electron chi connectivity index (χ3n) is 3.81. The second-order valence-corrected chi connectivity index (χ2v) is 6.18. The maximum Gasteiger partial charge on any atom is 0.286 e. The Morgan fingerprint density at radius 1 is 1.18 bits per heavy atom. The normalized spacial score (nSPS) is 11.5. The van der Waals surface area contributed by atoms with Crippen LogP contribution in [0, 0.1) is 13.8 Å². The van der Waals surface area contributed by atoms with E-state index in [1.165, 1.54) is 16.0 Å². The average Bonchev–Trinajstić information content (AvgIpc) is 3.06. The van der Waals surface area contributed by atoms with Crippen LogP contribution in [-0.2, 0) is 0 Å². The Morgan fingerprint density at radius 3 is 2.73 bits per heavy atom. The van der Waals surface area contributed by atoms with Gasteiger partial charge in [-0.05, 0) is 26.0 Å². The molecule has 1 aromatic carbocycles. The smallest absolute Gasteiger partial charge is 0.286 e. The molecule has 0 saturated carbocycles. The number of thiazole rings is 1. The standard InChI is InChI=1S/C15H12N4O2S/c1-7-8(2)16-13-11(12(7)20)14(21)19(18-13)15-17-9-5-3-4-6-10(9)22-15/h3-6H,1-2H3,(H2,16,18,20). The summed E-state index contributed by atoms with van der Waals surface area (Å²) in [6.07, 6.45) is 0. The molecule has 0 fully saturated rings. The summed E-state index contributed by atoms with van der Waals surface area (Å²) in [5.74, 6) is 0. The van der Waals surface area contributed by atoms with Crippen molar-refractivity contribution in [2.75, 3.05) is 0 Å². The van der Waals surface area contributed by atoms with Gasteiger partial charge in [0.1, 0.15) is 11.0 Å². The van der Waals surface area contributed by atoms with Crippen molar-refractivity contribution >= 4 is 32.6 Å². The number of aromatic nitrogens is 4. The lowest BCUT2D eigenvalue weighted by Gasteiger charge is -1.97. The van der Waals surface area contributed by atoms with E-state index in [0.717, 1.165) is 15.9 Å². The van der Waals surface area contributed by atoms with Gasteiger partial charge in [-0.15, -0.1) is 0 Å². The highest BCUT2D eigenvalue weighted by Gasteiger charge is 2.16. The molecular formula is C15H12N4O2S. The Hall–Kier alpha value is -2.67. The van der Waals surface area contributed by atoms with Crippen molar-refractivity contribution < 1.29 is 0 Å². The Morgan fingerprint density at radius 2 is 1.95 bits per heavy atom. The second kappa shape index (κ2) is 4.41.